The van der Waals surface area contributed by atoms with Crippen LogP contribution < -0.4 is 14.4 Å². The third-order valence-electron chi connectivity index (χ3n) is 7.14. The molecule has 2 amide bonds. The number of hydrogen-bond acceptors (Lipinski definition) is 7. The van der Waals surface area contributed by atoms with Crippen molar-refractivity contribution in [2.45, 2.75) is 64.0 Å². The van der Waals surface area contributed by atoms with E-state index in [4.69, 9.17) is 4.74 Å². The van der Waals surface area contributed by atoms with Gasteiger partial charge in [0, 0.05) is 24.7 Å². The molecule has 0 radical (unpaired) electrons. The van der Waals surface area contributed by atoms with E-state index in [9.17, 15) is 28.1 Å². The van der Waals surface area contributed by atoms with Crippen LogP contribution in [0.15, 0.2) is 48.5 Å². The lowest BCUT2D eigenvalue weighted by atomic mass is 9.95. The van der Waals surface area contributed by atoms with Gasteiger partial charge in [-0.1, -0.05) is 56.5 Å². The topological polar surface area (TPSA) is 139 Å². The fourth-order valence-electron chi connectivity index (χ4n) is 5.02. The van der Waals surface area contributed by atoms with Crippen LogP contribution in [0.25, 0.3) is 0 Å². The molecular weight excluding hydrogens is 536 g/mol. The number of benzene rings is 2. The number of nitro benzene ring substituents is 1. The molecule has 1 atom stereocenters. The summed E-state index contributed by atoms with van der Waals surface area (Å²) < 4.78 is 31.9. The lowest BCUT2D eigenvalue weighted by Crippen LogP contribution is -2.54. The summed E-state index contributed by atoms with van der Waals surface area (Å²) in [4.78, 5) is 39.5. The van der Waals surface area contributed by atoms with Crippen LogP contribution in [0.5, 0.6) is 5.75 Å². The summed E-state index contributed by atoms with van der Waals surface area (Å²) in [6, 6.07) is 12.3. The summed E-state index contributed by atoms with van der Waals surface area (Å²) in [7, 11) is -2.77. The molecule has 2 aromatic rings. The number of sulfonamides is 1. The minimum atomic E-state index is -4.08. The van der Waals surface area contributed by atoms with Crippen LogP contribution in [-0.2, 0) is 26.0 Å². The molecule has 0 aliphatic heterocycles. The molecule has 2 aromatic carbocycles. The highest BCUT2D eigenvalue weighted by atomic mass is 32.2. The van der Waals surface area contributed by atoms with E-state index < -0.39 is 33.4 Å². The summed E-state index contributed by atoms with van der Waals surface area (Å²) in [5, 5.41) is 14.5. The predicted octanol–water partition coefficient (Wildman–Crippen LogP) is 3.67. The van der Waals surface area contributed by atoms with Crippen LogP contribution in [0.4, 0.5) is 11.4 Å². The Labute approximate surface area is 235 Å². The third kappa shape index (κ3) is 8.17. The minimum absolute atomic E-state index is 0.0445. The normalized spacial score (nSPS) is 14.7. The monoisotopic (exact) mass is 574 g/mol. The second kappa shape index (κ2) is 14.1. The zero-order valence-corrected chi connectivity index (χ0v) is 24.1. The Hall–Kier alpha value is -3.67. The van der Waals surface area contributed by atoms with E-state index in [1.807, 2.05) is 37.3 Å². The standard InChI is InChI=1S/C28H38N4O7S/c1-4-24(28(34)29-22-13-9-6-10-14-22)30(18-17-21-11-7-5-8-12-21)27(33)20-31(40(3,37)38)25-19-23(32(35)36)15-16-26(25)39-2/h5,7-8,11-12,15-16,19,22,24H,4,6,9-10,13-14,17-18,20H2,1-3H3,(H,29,34). The first kappa shape index (κ1) is 30.9. The van der Waals surface area contributed by atoms with Crippen molar-refractivity contribution in [2.75, 3.05) is 30.8 Å². The molecule has 1 N–H and O–H groups in total. The maximum absolute atomic E-state index is 13.9. The number of hydrogen-bond donors (Lipinski definition) is 1. The van der Waals surface area contributed by atoms with Gasteiger partial charge >= 0.3 is 0 Å². The Morgan fingerprint density at radius 1 is 1.12 bits per heavy atom. The van der Waals surface area contributed by atoms with Crippen LogP contribution in [-0.4, -0.2) is 68.6 Å². The molecule has 0 aromatic heterocycles. The van der Waals surface area contributed by atoms with Crippen LogP contribution in [0.2, 0.25) is 0 Å². The van der Waals surface area contributed by atoms with Crippen molar-refractivity contribution in [2.24, 2.45) is 0 Å². The van der Waals surface area contributed by atoms with Gasteiger partial charge in [0.15, 0.2) is 0 Å². The van der Waals surface area contributed by atoms with Gasteiger partial charge < -0.3 is 15.0 Å². The van der Waals surface area contributed by atoms with E-state index in [0.29, 0.717) is 12.8 Å². The number of nitrogens with one attached hydrogen (secondary N) is 1. The SMILES string of the molecule is CCC(C(=O)NC1CCCCC1)N(CCc1ccccc1)C(=O)CN(c1cc([N+](=O)[O-])ccc1OC)S(C)(=O)=O. The molecular formula is C28H38N4O7S. The molecule has 0 bridgehead atoms. The van der Waals surface area contributed by atoms with E-state index in [1.165, 1.54) is 24.1 Å². The predicted molar refractivity (Wildman–Crippen MR) is 153 cm³/mol. The van der Waals surface area contributed by atoms with E-state index in [0.717, 1.165) is 54.3 Å². The van der Waals surface area contributed by atoms with E-state index >= 15 is 0 Å². The first-order valence-corrected chi connectivity index (χ1v) is 15.3. The van der Waals surface area contributed by atoms with Crippen molar-refractivity contribution in [3.05, 3.63) is 64.2 Å². The fraction of sp³-hybridized carbons (Fsp3) is 0.500. The number of methoxy groups -OCH3 is 1. The summed E-state index contributed by atoms with van der Waals surface area (Å²) in [5.41, 5.74) is 0.481. The van der Waals surface area contributed by atoms with Crippen LogP contribution in [0.1, 0.15) is 51.0 Å². The lowest BCUT2D eigenvalue weighted by Gasteiger charge is -2.34. The molecule has 12 heteroatoms. The molecule has 0 spiro atoms. The van der Waals surface area contributed by atoms with Crippen molar-refractivity contribution < 1.29 is 27.7 Å². The number of non-ortho nitro benzene ring substituents is 1. The second-order valence-corrected chi connectivity index (χ2v) is 11.9. The number of amides is 2. The average Bonchev–Trinajstić information content (AvgIpc) is 2.93. The molecule has 0 heterocycles. The zero-order valence-electron chi connectivity index (χ0n) is 23.2. The van der Waals surface area contributed by atoms with Crippen molar-refractivity contribution >= 4 is 33.2 Å². The van der Waals surface area contributed by atoms with Crippen LogP contribution >= 0.6 is 0 Å². The van der Waals surface area contributed by atoms with Crippen molar-refractivity contribution in [1.82, 2.24) is 10.2 Å². The van der Waals surface area contributed by atoms with Gasteiger partial charge in [0.1, 0.15) is 24.0 Å². The van der Waals surface area contributed by atoms with Gasteiger partial charge in [-0.2, -0.15) is 0 Å². The fourth-order valence-corrected chi connectivity index (χ4v) is 5.87. The number of nitro groups is 1. The summed E-state index contributed by atoms with van der Waals surface area (Å²) in [5.74, 6) is -0.808. The Balaban J connectivity index is 1.94. The quantitative estimate of drug-likeness (QED) is 0.284. The number of nitrogens with zero attached hydrogens (tertiary/aromatic N) is 3. The molecule has 1 unspecified atom stereocenters. The summed E-state index contributed by atoms with van der Waals surface area (Å²) in [6.45, 7) is 1.34. The Morgan fingerprint density at radius 3 is 2.38 bits per heavy atom. The van der Waals surface area contributed by atoms with Crippen molar-refractivity contribution in [3.8, 4) is 5.75 Å². The number of ether oxygens (including phenoxy) is 1. The van der Waals surface area contributed by atoms with Gasteiger partial charge in [0.2, 0.25) is 21.8 Å². The van der Waals surface area contributed by atoms with Crippen LogP contribution in [0, 0.1) is 10.1 Å². The van der Waals surface area contributed by atoms with Gasteiger partial charge in [-0.05, 0) is 37.3 Å². The van der Waals surface area contributed by atoms with E-state index in [2.05, 4.69) is 5.32 Å². The summed E-state index contributed by atoms with van der Waals surface area (Å²) in [6.07, 6.45) is 6.67. The van der Waals surface area contributed by atoms with Crippen molar-refractivity contribution in [3.63, 3.8) is 0 Å². The number of carbonyl (C=O) groups is 2. The second-order valence-electron chi connectivity index (χ2n) is 9.97. The highest BCUT2D eigenvalue weighted by Crippen LogP contribution is 2.34. The van der Waals surface area contributed by atoms with Gasteiger partial charge in [0.05, 0.1) is 18.3 Å². The van der Waals surface area contributed by atoms with E-state index in [1.54, 1.807) is 0 Å². The van der Waals surface area contributed by atoms with Crippen LogP contribution in [0.3, 0.4) is 0 Å². The average molecular weight is 575 g/mol. The maximum Gasteiger partial charge on any atom is 0.271 e. The Morgan fingerprint density at radius 2 is 1.80 bits per heavy atom. The maximum atomic E-state index is 13.9. The molecule has 1 aliphatic carbocycles. The first-order valence-electron chi connectivity index (χ1n) is 13.5. The van der Waals surface area contributed by atoms with E-state index in [-0.39, 0.29) is 35.6 Å². The highest BCUT2D eigenvalue weighted by molar-refractivity contribution is 7.92. The van der Waals surface area contributed by atoms with Crippen molar-refractivity contribution in [1.29, 1.82) is 0 Å². The molecule has 40 heavy (non-hydrogen) atoms. The lowest BCUT2D eigenvalue weighted by molar-refractivity contribution is -0.384. The molecule has 1 aliphatic rings. The smallest absolute Gasteiger partial charge is 0.271 e. The third-order valence-corrected chi connectivity index (χ3v) is 8.27. The highest BCUT2D eigenvalue weighted by Gasteiger charge is 2.33. The number of carbonyl (C=O) groups excluding carboxylic acids is 2. The number of rotatable bonds is 13. The Kier molecular flexibility index (Phi) is 10.9. The summed E-state index contributed by atoms with van der Waals surface area (Å²) >= 11 is 0. The molecule has 1 saturated carbocycles. The zero-order chi connectivity index (χ0) is 29.3. The Bertz CT molecular complexity index is 1280. The molecule has 11 nitrogen and oxygen atoms in total. The molecule has 3 rings (SSSR count). The first-order chi connectivity index (χ1) is 19.0. The largest absolute Gasteiger partial charge is 0.495 e. The van der Waals surface area contributed by atoms with Gasteiger partial charge in [-0.3, -0.25) is 24.0 Å². The molecule has 0 saturated heterocycles. The van der Waals surface area contributed by atoms with Gasteiger partial charge in [0.25, 0.3) is 5.69 Å². The number of anilines is 1. The van der Waals surface area contributed by atoms with Gasteiger partial charge in [-0.25, -0.2) is 8.42 Å². The molecule has 1 fully saturated rings. The minimum Gasteiger partial charge on any atom is -0.495 e. The van der Waals surface area contributed by atoms with Gasteiger partial charge in [-0.15, -0.1) is 0 Å². The molecule has 218 valence electrons.